The first-order valence-corrected chi connectivity index (χ1v) is 7.78. The number of carbonyl (C=O) groups is 1. The lowest BCUT2D eigenvalue weighted by molar-refractivity contribution is -0.112. The van der Waals surface area contributed by atoms with Crippen molar-refractivity contribution in [2.24, 2.45) is 0 Å². The van der Waals surface area contributed by atoms with Crippen molar-refractivity contribution < 1.29 is 4.79 Å². The first-order chi connectivity index (χ1) is 10.0. The van der Waals surface area contributed by atoms with Crippen LogP contribution in [0, 0.1) is 0 Å². The minimum atomic E-state index is -0.489. The Morgan fingerprint density at radius 2 is 1.71 bits per heavy atom. The molecule has 0 spiro atoms. The van der Waals surface area contributed by atoms with Crippen LogP contribution in [0.15, 0.2) is 59.1 Å². The van der Waals surface area contributed by atoms with Crippen LogP contribution >= 0.6 is 15.9 Å². The third-order valence-corrected chi connectivity index (χ3v) is 4.46. The average Bonchev–Trinajstić information content (AvgIpc) is 2.50. The molecule has 0 fully saturated rings. The summed E-state index contributed by atoms with van der Waals surface area (Å²) in [6.45, 7) is 3.48. The van der Waals surface area contributed by atoms with Crippen molar-refractivity contribution in [3.05, 3.63) is 70.2 Å². The molecule has 21 heavy (non-hydrogen) atoms. The molecule has 0 aliphatic carbocycles. The van der Waals surface area contributed by atoms with Crippen LogP contribution in [-0.4, -0.2) is 24.8 Å². The Kier molecular flexibility index (Phi) is 5.32. The van der Waals surface area contributed by atoms with Gasteiger partial charge in [0.25, 0.3) is 0 Å². The molecule has 0 saturated heterocycles. The molecule has 2 aromatic rings. The van der Waals surface area contributed by atoms with E-state index in [1.807, 2.05) is 62.5 Å². The molecule has 2 nitrogen and oxygen atoms in total. The number of rotatable bonds is 6. The van der Waals surface area contributed by atoms with Gasteiger partial charge in [-0.05, 0) is 31.2 Å². The zero-order valence-corrected chi connectivity index (χ0v) is 14.0. The fraction of sp³-hybridized carbons (Fsp3) is 0.278. The largest absolute Gasteiger partial charge is 0.302 e. The van der Waals surface area contributed by atoms with E-state index in [0.717, 1.165) is 22.9 Å². The van der Waals surface area contributed by atoms with Crippen molar-refractivity contribution in [3.63, 3.8) is 0 Å². The molecule has 2 aromatic carbocycles. The van der Waals surface area contributed by atoms with Gasteiger partial charge in [-0.15, -0.1) is 0 Å². The Morgan fingerprint density at radius 3 is 2.33 bits per heavy atom. The van der Waals surface area contributed by atoms with Crippen LogP contribution in [-0.2, 0) is 16.8 Å². The van der Waals surface area contributed by atoms with Gasteiger partial charge in [0.2, 0.25) is 0 Å². The lowest BCUT2D eigenvalue weighted by Gasteiger charge is -2.29. The summed E-state index contributed by atoms with van der Waals surface area (Å²) in [5.41, 5.74) is 1.79. The van der Waals surface area contributed by atoms with Crippen molar-refractivity contribution in [2.45, 2.75) is 18.9 Å². The topological polar surface area (TPSA) is 20.3 Å². The molecule has 0 aliphatic heterocycles. The van der Waals surface area contributed by atoms with Crippen molar-refractivity contribution in [1.82, 2.24) is 4.90 Å². The van der Waals surface area contributed by atoms with Gasteiger partial charge in [-0.25, -0.2) is 0 Å². The molecular formula is C18H20BrNO. The molecule has 2 rings (SSSR count). The number of likely N-dealkylation sites (N-methyl/N-ethyl adjacent to an activating group) is 1. The number of hydrogen-bond acceptors (Lipinski definition) is 2. The number of aldehydes is 1. The SMILES string of the molecule is CN(Cc1ccccc1Br)CC(C)(C=O)c1ccccc1. The fourth-order valence-electron chi connectivity index (χ4n) is 2.55. The van der Waals surface area contributed by atoms with Crippen LogP contribution in [0.25, 0.3) is 0 Å². The predicted octanol–water partition coefficient (Wildman–Crippen LogP) is 4.04. The molecule has 0 bridgehead atoms. The monoisotopic (exact) mass is 345 g/mol. The van der Waals surface area contributed by atoms with Gasteiger partial charge in [-0.3, -0.25) is 0 Å². The van der Waals surface area contributed by atoms with Crippen LogP contribution in [0.4, 0.5) is 0 Å². The Labute approximate surface area is 134 Å². The van der Waals surface area contributed by atoms with Crippen LogP contribution in [0.5, 0.6) is 0 Å². The Balaban J connectivity index is 2.12. The Hall–Kier alpha value is -1.45. The summed E-state index contributed by atoms with van der Waals surface area (Å²) in [4.78, 5) is 13.8. The molecular weight excluding hydrogens is 326 g/mol. The minimum absolute atomic E-state index is 0.489. The van der Waals surface area contributed by atoms with E-state index in [0.29, 0.717) is 6.54 Å². The number of hydrogen-bond donors (Lipinski definition) is 0. The number of halogens is 1. The summed E-state index contributed by atoms with van der Waals surface area (Å²) >= 11 is 3.57. The van der Waals surface area contributed by atoms with Crippen LogP contribution < -0.4 is 0 Å². The van der Waals surface area contributed by atoms with Crippen molar-refractivity contribution in [2.75, 3.05) is 13.6 Å². The maximum atomic E-state index is 11.6. The van der Waals surface area contributed by atoms with Gasteiger partial charge >= 0.3 is 0 Å². The molecule has 0 aromatic heterocycles. The van der Waals surface area contributed by atoms with Crippen LogP contribution in [0.1, 0.15) is 18.1 Å². The lowest BCUT2D eigenvalue weighted by atomic mass is 9.83. The van der Waals surface area contributed by atoms with Gasteiger partial charge in [0.15, 0.2) is 0 Å². The van der Waals surface area contributed by atoms with Gasteiger partial charge in [0, 0.05) is 17.6 Å². The molecule has 0 heterocycles. The second-order valence-corrected chi connectivity index (χ2v) is 6.52. The molecule has 0 amide bonds. The van der Waals surface area contributed by atoms with Crippen LogP contribution in [0.2, 0.25) is 0 Å². The second-order valence-electron chi connectivity index (χ2n) is 5.67. The van der Waals surface area contributed by atoms with E-state index in [4.69, 9.17) is 0 Å². The molecule has 0 N–H and O–H groups in total. The maximum Gasteiger partial charge on any atom is 0.131 e. The molecule has 0 aliphatic rings. The first-order valence-electron chi connectivity index (χ1n) is 6.99. The summed E-state index contributed by atoms with van der Waals surface area (Å²) in [5.74, 6) is 0. The van der Waals surface area contributed by atoms with E-state index in [1.54, 1.807) is 0 Å². The first kappa shape index (κ1) is 15.9. The van der Waals surface area contributed by atoms with Crippen LogP contribution in [0.3, 0.4) is 0 Å². The van der Waals surface area contributed by atoms with Gasteiger partial charge in [-0.1, -0.05) is 64.5 Å². The highest BCUT2D eigenvalue weighted by molar-refractivity contribution is 9.10. The second kappa shape index (κ2) is 7.01. The highest BCUT2D eigenvalue weighted by Crippen LogP contribution is 2.24. The lowest BCUT2D eigenvalue weighted by Crippen LogP contribution is -2.38. The number of nitrogens with zero attached hydrogens (tertiary/aromatic N) is 1. The van der Waals surface area contributed by atoms with Crippen molar-refractivity contribution >= 4 is 22.2 Å². The van der Waals surface area contributed by atoms with Gasteiger partial charge in [0.1, 0.15) is 6.29 Å². The summed E-state index contributed by atoms with van der Waals surface area (Å²) in [5, 5.41) is 0. The summed E-state index contributed by atoms with van der Waals surface area (Å²) in [6.07, 6.45) is 1.05. The van der Waals surface area contributed by atoms with E-state index < -0.39 is 5.41 Å². The molecule has 1 unspecified atom stereocenters. The third-order valence-electron chi connectivity index (χ3n) is 3.69. The number of benzene rings is 2. The highest BCUT2D eigenvalue weighted by atomic mass is 79.9. The smallest absolute Gasteiger partial charge is 0.131 e. The minimum Gasteiger partial charge on any atom is -0.302 e. The zero-order chi connectivity index (χ0) is 15.3. The van der Waals surface area contributed by atoms with Crippen molar-refractivity contribution in [1.29, 1.82) is 0 Å². The third kappa shape index (κ3) is 4.02. The van der Waals surface area contributed by atoms with E-state index in [9.17, 15) is 4.79 Å². The fourth-order valence-corrected chi connectivity index (χ4v) is 2.96. The predicted molar refractivity (Wildman–Crippen MR) is 90.3 cm³/mol. The van der Waals surface area contributed by atoms with Crippen molar-refractivity contribution in [3.8, 4) is 0 Å². The summed E-state index contributed by atoms with van der Waals surface area (Å²) in [7, 11) is 2.05. The standard InChI is InChI=1S/C18H20BrNO/c1-18(14-21,16-9-4-3-5-10-16)13-20(2)12-15-8-6-7-11-17(15)19/h3-11,14H,12-13H2,1-2H3. The van der Waals surface area contributed by atoms with E-state index in [2.05, 4.69) is 26.9 Å². The molecule has 1 atom stereocenters. The van der Waals surface area contributed by atoms with E-state index in [1.165, 1.54) is 5.56 Å². The summed E-state index contributed by atoms with van der Waals surface area (Å²) in [6, 6.07) is 18.1. The molecule has 0 radical (unpaired) electrons. The molecule has 0 saturated carbocycles. The summed E-state index contributed by atoms with van der Waals surface area (Å²) < 4.78 is 1.10. The Morgan fingerprint density at radius 1 is 1.10 bits per heavy atom. The maximum absolute atomic E-state index is 11.6. The highest BCUT2D eigenvalue weighted by Gasteiger charge is 2.27. The average molecular weight is 346 g/mol. The van der Waals surface area contributed by atoms with E-state index >= 15 is 0 Å². The van der Waals surface area contributed by atoms with E-state index in [-0.39, 0.29) is 0 Å². The normalized spacial score (nSPS) is 13.9. The molecule has 110 valence electrons. The van der Waals surface area contributed by atoms with Gasteiger partial charge < -0.3 is 9.69 Å². The quantitative estimate of drug-likeness (QED) is 0.736. The molecule has 3 heteroatoms. The van der Waals surface area contributed by atoms with Gasteiger partial charge in [0.05, 0.1) is 5.41 Å². The van der Waals surface area contributed by atoms with Gasteiger partial charge in [-0.2, -0.15) is 0 Å². The number of carbonyl (C=O) groups excluding carboxylic acids is 1. The zero-order valence-electron chi connectivity index (χ0n) is 12.4. The Bertz CT molecular complexity index is 599.